The third-order valence-corrected chi connectivity index (χ3v) is 5.07. The molecule has 150 valence electrons. The van der Waals surface area contributed by atoms with Gasteiger partial charge in [0.25, 0.3) is 5.91 Å². The van der Waals surface area contributed by atoms with E-state index in [2.05, 4.69) is 10.4 Å². The number of nitrogens with zero attached hydrogens (tertiary/aromatic N) is 2. The molecule has 8 heteroatoms. The molecular formula is C21H20FN3O3S. The van der Waals surface area contributed by atoms with Gasteiger partial charge in [0, 0.05) is 22.2 Å². The number of hydrogen-bond donors (Lipinski definition) is 1. The van der Waals surface area contributed by atoms with Crippen LogP contribution in [0.2, 0.25) is 0 Å². The van der Waals surface area contributed by atoms with Crippen molar-refractivity contribution in [2.24, 2.45) is 0 Å². The Bertz CT molecular complexity index is 1020. The minimum atomic E-state index is -0.621. The van der Waals surface area contributed by atoms with Crippen molar-refractivity contribution in [2.75, 3.05) is 6.61 Å². The lowest BCUT2D eigenvalue weighted by molar-refractivity contribution is -0.143. The fourth-order valence-electron chi connectivity index (χ4n) is 2.72. The van der Waals surface area contributed by atoms with E-state index in [1.54, 1.807) is 22.9 Å². The lowest BCUT2D eigenvalue weighted by atomic mass is 10.2. The zero-order valence-corrected chi connectivity index (χ0v) is 16.8. The number of rotatable bonds is 7. The van der Waals surface area contributed by atoms with E-state index in [0.717, 1.165) is 21.8 Å². The number of nitrogens with one attached hydrogen (secondary N) is 1. The van der Waals surface area contributed by atoms with Gasteiger partial charge in [-0.15, -0.1) is 11.3 Å². The fraction of sp³-hybridized carbons (Fsp3) is 0.190. The summed E-state index contributed by atoms with van der Waals surface area (Å²) in [6, 6.07) is 9.80. The second kappa shape index (κ2) is 9.29. The highest BCUT2D eigenvalue weighted by molar-refractivity contribution is 7.09. The zero-order valence-electron chi connectivity index (χ0n) is 16.0. The van der Waals surface area contributed by atoms with Gasteiger partial charge in [-0.2, -0.15) is 5.10 Å². The number of esters is 1. The molecule has 1 amide bonds. The smallest absolute Gasteiger partial charge is 0.331 e. The Kier molecular flexibility index (Phi) is 6.56. The lowest BCUT2D eigenvalue weighted by Gasteiger charge is -2.04. The summed E-state index contributed by atoms with van der Waals surface area (Å²) in [7, 11) is 0. The molecule has 0 aliphatic heterocycles. The number of hydrogen-bond acceptors (Lipinski definition) is 5. The van der Waals surface area contributed by atoms with Crippen LogP contribution in [0.25, 0.3) is 11.8 Å². The Balaban J connectivity index is 1.57. The number of halogens is 1. The van der Waals surface area contributed by atoms with Gasteiger partial charge in [0.2, 0.25) is 0 Å². The number of ether oxygens (including phenoxy) is 1. The van der Waals surface area contributed by atoms with E-state index in [9.17, 15) is 14.0 Å². The van der Waals surface area contributed by atoms with Gasteiger partial charge in [-0.05, 0) is 55.6 Å². The Morgan fingerprint density at radius 2 is 2.00 bits per heavy atom. The molecule has 2 heterocycles. The maximum Gasteiger partial charge on any atom is 0.331 e. The number of thiophene rings is 1. The maximum atomic E-state index is 13.1. The van der Waals surface area contributed by atoms with Crippen molar-refractivity contribution in [1.29, 1.82) is 0 Å². The summed E-state index contributed by atoms with van der Waals surface area (Å²) in [6.45, 7) is 3.73. The van der Waals surface area contributed by atoms with Crippen molar-refractivity contribution in [2.45, 2.75) is 20.4 Å². The standard InChI is InChI=1S/C21H20FN3O3S/c1-14-19(15(2)25(24-14)17-7-5-16(22)6-8-17)9-10-21(27)28-13-20(26)23-12-18-4-3-11-29-18/h3-11H,12-13H2,1-2H3,(H,23,26)/b10-9+. The van der Waals surface area contributed by atoms with E-state index in [1.807, 2.05) is 31.4 Å². The molecular weight excluding hydrogens is 393 g/mol. The molecule has 0 saturated heterocycles. The third-order valence-electron chi connectivity index (χ3n) is 4.19. The van der Waals surface area contributed by atoms with Gasteiger partial charge >= 0.3 is 5.97 Å². The Morgan fingerprint density at radius 3 is 2.69 bits per heavy atom. The van der Waals surface area contributed by atoms with Crippen LogP contribution < -0.4 is 5.32 Å². The van der Waals surface area contributed by atoms with Gasteiger partial charge in [-0.25, -0.2) is 13.9 Å². The molecule has 0 unspecified atom stereocenters. The normalized spacial score (nSPS) is 11.0. The lowest BCUT2D eigenvalue weighted by Crippen LogP contribution is -2.27. The van der Waals surface area contributed by atoms with Gasteiger partial charge in [0.05, 0.1) is 17.9 Å². The van der Waals surface area contributed by atoms with Crippen LogP contribution >= 0.6 is 11.3 Å². The first kappa shape index (κ1) is 20.5. The summed E-state index contributed by atoms with van der Waals surface area (Å²) in [4.78, 5) is 24.7. The molecule has 3 aromatic rings. The van der Waals surface area contributed by atoms with E-state index >= 15 is 0 Å². The van der Waals surface area contributed by atoms with Crippen LogP contribution in [0.15, 0.2) is 47.9 Å². The van der Waals surface area contributed by atoms with Crippen molar-refractivity contribution in [3.8, 4) is 5.69 Å². The van der Waals surface area contributed by atoms with Gasteiger partial charge in [-0.3, -0.25) is 4.79 Å². The van der Waals surface area contributed by atoms with Crippen molar-refractivity contribution < 1.29 is 18.7 Å². The van der Waals surface area contributed by atoms with Gasteiger partial charge in [-0.1, -0.05) is 6.07 Å². The predicted octanol–water partition coefficient (Wildman–Crippen LogP) is 3.56. The van der Waals surface area contributed by atoms with Crippen LogP contribution in [0.5, 0.6) is 0 Å². The summed E-state index contributed by atoms with van der Waals surface area (Å²) in [5.41, 5.74) is 2.99. The fourth-order valence-corrected chi connectivity index (χ4v) is 3.36. The van der Waals surface area contributed by atoms with E-state index < -0.39 is 5.97 Å². The van der Waals surface area contributed by atoms with Crippen LogP contribution in [0, 0.1) is 19.7 Å². The SMILES string of the molecule is Cc1nn(-c2ccc(F)cc2)c(C)c1/C=C/C(=O)OCC(=O)NCc1cccs1. The predicted molar refractivity (Wildman–Crippen MR) is 109 cm³/mol. The molecule has 0 bridgehead atoms. The van der Waals surface area contributed by atoms with Crippen LogP contribution in [-0.4, -0.2) is 28.3 Å². The average molecular weight is 413 g/mol. The summed E-state index contributed by atoms with van der Waals surface area (Å²) in [6.07, 6.45) is 2.86. The molecule has 29 heavy (non-hydrogen) atoms. The number of amides is 1. The molecule has 0 spiro atoms. The summed E-state index contributed by atoms with van der Waals surface area (Å²) < 4.78 is 19.8. The molecule has 1 N–H and O–H groups in total. The number of aromatic nitrogens is 2. The van der Waals surface area contributed by atoms with Crippen LogP contribution in [-0.2, 0) is 20.9 Å². The summed E-state index contributed by atoms with van der Waals surface area (Å²) >= 11 is 1.54. The molecule has 0 atom stereocenters. The first-order chi connectivity index (χ1) is 13.9. The largest absolute Gasteiger partial charge is 0.452 e. The first-order valence-electron chi connectivity index (χ1n) is 8.90. The molecule has 0 aliphatic rings. The van der Waals surface area contributed by atoms with Gasteiger partial charge in [0.1, 0.15) is 5.82 Å². The molecule has 0 fully saturated rings. The number of carbonyl (C=O) groups is 2. The first-order valence-corrected chi connectivity index (χ1v) is 9.78. The number of carbonyl (C=O) groups excluding carboxylic acids is 2. The maximum absolute atomic E-state index is 13.1. The molecule has 3 rings (SSSR count). The summed E-state index contributed by atoms with van der Waals surface area (Å²) in [5, 5.41) is 9.05. The Morgan fingerprint density at radius 1 is 1.24 bits per heavy atom. The molecule has 6 nitrogen and oxygen atoms in total. The highest BCUT2D eigenvalue weighted by Crippen LogP contribution is 2.19. The minimum absolute atomic E-state index is 0.322. The second-order valence-corrected chi connectivity index (χ2v) is 7.30. The third kappa shape index (κ3) is 5.39. The average Bonchev–Trinajstić information content (AvgIpc) is 3.32. The molecule has 1 aromatic carbocycles. The minimum Gasteiger partial charge on any atom is -0.452 e. The van der Waals surface area contributed by atoms with Gasteiger partial charge in [0.15, 0.2) is 6.61 Å². The Labute approximate surface area is 171 Å². The zero-order chi connectivity index (χ0) is 20.8. The Hall–Kier alpha value is -3.26. The van der Waals surface area contributed by atoms with Crippen molar-refractivity contribution in [1.82, 2.24) is 15.1 Å². The van der Waals surface area contributed by atoms with Crippen LogP contribution in [0.4, 0.5) is 4.39 Å². The van der Waals surface area contributed by atoms with Crippen molar-refractivity contribution in [3.05, 3.63) is 75.5 Å². The molecule has 2 aromatic heterocycles. The topological polar surface area (TPSA) is 73.2 Å². The highest BCUT2D eigenvalue weighted by atomic mass is 32.1. The molecule has 0 radical (unpaired) electrons. The van der Waals surface area contributed by atoms with Crippen LogP contribution in [0.3, 0.4) is 0 Å². The van der Waals surface area contributed by atoms with E-state index in [1.165, 1.54) is 29.5 Å². The monoisotopic (exact) mass is 413 g/mol. The van der Waals surface area contributed by atoms with Gasteiger partial charge < -0.3 is 10.1 Å². The molecule has 0 aliphatic carbocycles. The highest BCUT2D eigenvalue weighted by Gasteiger charge is 2.12. The summed E-state index contributed by atoms with van der Waals surface area (Å²) in [5.74, 6) is -1.31. The number of benzene rings is 1. The van der Waals surface area contributed by atoms with Crippen molar-refractivity contribution in [3.63, 3.8) is 0 Å². The van der Waals surface area contributed by atoms with E-state index in [0.29, 0.717) is 12.2 Å². The van der Waals surface area contributed by atoms with Crippen molar-refractivity contribution >= 4 is 29.3 Å². The second-order valence-electron chi connectivity index (χ2n) is 6.27. The van der Waals surface area contributed by atoms with Crippen LogP contribution in [0.1, 0.15) is 21.8 Å². The van der Waals surface area contributed by atoms with E-state index in [4.69, 9.17) is 4.74 Å². The quantitative estimate of drug-likeness (QED) is 0.475. The van der Waals surface area contributed by atoms with E-state index in [-0.39, 0.29) is 18.3 Å². The number of aryl methyl sites for hydroxylation is 1. The molecule has 0 saturated carbocycles.